The van der Waals surface area contributed by atoms with E-state index >= 15 is 0 Å². The molecule has 0 radical (unpaired) electrons. The molecule has 0 amide bonds. The van der Waals surface area contributed by atoms with Crippen molar-refractivity contribution in [1.82, 2.24) is 9.97 Å². The number of aromatic carboxylic acids is 1. The summed E-state index contributed by atoms with van der Waals surface area (Å²) in [6.07, 6.45) is 1.35. The molecule has 2 aromatic rings. The molecule has 17 heavy (non-hydrogen) atoms. The molecule has 2 rings (SSSR count). The van der Waals surface area contributed by atoms with Crippen LogP contribution in [0.2, 0.25) is 0 Å². The van der Waals surface area contributed by atoms with Gasteiger partial charge in [-0.05, 0) is 30.7 Å². The van der Waals surface area contributed by atoms with Crippen LogP contribution in [0.5, 0.6) is 11.8 Å². The van der Waals surface area contributed by atoms with Crippen LogP contribution in [0.25, 0.3) is 0 Å². The first kappa shape index (κ1) is 11.1. The number of rotatable bonds is 3. The Balaban J connectivity index is 2.24. The third-order valence-electron chi connectivity index (χ3n) is 2.05. The second-order valence-corrected chi connectivity index (χ2v) is 3.45. The summed E-state index contributed by atoms with van der Waals surface area (Å²) in [5.74, 6) is -0.533. The first-order chi connectivity index (χ1) is 8.15. The zero-order valence-electron chi connectivity index (χ0n) is 9.12. The molecule has 5 heteroatoms. The summed E-state index contributed by atoms with van der Waals surface area (Å²) in [5.41, 5.74) is 0.944. The Labute approximate surface area is 97.7 Å². The van der Waals surface area contributed by atoms with E-state index in [0.29, 0.717) is 5.75 Å². The number of nitrogens with zero attached hydrogens (tertiary/aromatic N) is 2. The van der Waals surface area contributed by atoms with E-state index in [9.17, 15) is 4.79 Å². The molecule has 0 saturated heterocycles. The van der Waals surface area contributed by atoms with Crippen molar-refractivity contribution in [3.05, 3.63) is 47.8 Å². The number of aromatic nitrogens is 2. The van der Waals surface area contributed by atoms with Gasteiger partial charge in [0.15, 0.2) is 5.69 Å². The van der Waals surface area contributed by atoms with Crippen LogP contribution in [0.4, 0.5) is 0 Å². The zero-order chi connectivity index (χ0) is 12.3. The second kappa shape index (κ2) is 4.61. The summed E-state index contributed by atoms with van der Waals surface area (Å²) >= 11 is 0. The Morgan fingerprint density at radius 3 is 2.88 bits per heavy atom. The van der Waals surface area contributed by atoms with Crippen LogP contribution in [0.3, 0.4) is 0 Å². The molecule has 0 aliphatic rings. The first-order valence-electron chi connectivity index (χ1n) is 4.96. The minimum Gasteiger partial charge on any atom is -0.477 e. The molecule has 1 heterocycles. The van der Waals surface area contributed by atoms with Gasteiger partial charge in [0.1, 0.15) is 5.75 Å². The highest BCUT2D eigenvalue weighted by Crippen LogP contribution is 2.18. The molecule has 1 N–H and O–H groups in total. The number of benzene rings is 1. The summed E-state index contributed by atoms with van der Waals surface area (Å²) in [6.45, 7) is 1.93. The Bertz CT molecular complexity index is 555. The van der Waals surface area contributed by atoms with Gasteiger partial charge in [0.05, 0.1) is 0 Å². The van der Waals surface area contributed by atoms with E-state index in [1.807, 2.05) is 25.1 Å². The normalized spacial score (nSPS) is 9.94. The third kappa shape index (κ3) is 2.78. The number of hydrogen-bond acceptors (Lipinski definition) is 4. The predicted octanol–water partition coefficient (Wildman–Crippen LogP) is 2.28. The van der Waals surface area contributed by atoms with Gasteiger partial charge in [-0.3, -0.25) is 0 Å². The van der Waals surface area contributed by atoms with Gasteiger partial charge in [-0.15, -0.1) is 0 Å². The Hall–Kier alpha value is -2.43. The van der Waals surface area contributed by atoms with Crippen molar-refractivity contribution in [3.63, 3.8) is 0 Å². The highest BCUT2D eigenvalue weighted by Gasteiger charge is 2.07. The minimum atomic E-state index is -1.11. The number of ether oxygens (including phenoxy) is 1. The van der Waals surface area contributed by atoms with Crippen molar-refractivity contribution in [1.29, 1.82) is 0 Å². The maximum absolute atomic E-state index is 10.7. The van der Waals surface area contributed by atoms with Crippen LogP contribution in [-0.2, 0) is 0 Å². The zero-order valence-corrected chi connectivity index (χ0v) is 9.12. The molecule has 0 saturated carbocycles. The quantitative estimate of drug-likeness (QED) is 0.875. The molecule has 0 unspecified atom stereocenters. The molecule has 0 fully saturated rings. The van der Waals surface area contributed by atoms with Gasteiger partial charge >= 0.3 is 12.0 Å². The van der Waals surface area contributed by atoms with Crippen molar-refractivity contribution >= 4 is 5.97 Å². The van der Waals surface area contributed by atoms with Gasteiger partial charge in [0.2, 0.25) is 0 Å². The number of carboxylic acids is 1. The standard InChI is InChI=1S/C12H10N2O3/c1-8-3-2-4-9(7-8)17-12-13-6-5-10(14-12)11(15)16/h2-7H,1H3,(H,15,16). The van der Waals surface area contributed by atoms with Crippen LogP contribution in [0.15, 0.2) is 36.5 Å². The lowest BCUT2D eigenvalue weighted by atomic mass is 10.2. The lowest BCUT2D eigenvalue weighted by molar-refractivity contribution is 0.0689. The fourth-order valence-electron chi connectivity index (χ4n) is 1.29. The largest absolute Gasteiger partial charge is 0.477 e. The summed E-state index contributed by atoms with van der Waals surface area (Å²) in [6, 6.07) is 8.68. The monoisotopic (exact) mass is 230 g/mol. The van der Waals surface area contributed by atoms with E-state index in [4.69, 9.17) is 9.84 Å². The topological polar surface area (TPSA) is 72.3 Å². The molecule has 0 aliphatic carbocycles. The molecule has 5 nitrogen and oxygen atoms in total. The van der Waals surface area contributed by atoms with Crippen LogP contribution in [-0.4, -0.2) is 21.0 Å². The van der Waals surface area contributed by atoms with Gasteiger partial charge in [0, 0.05) is 6.20 Å². The van der Waals surface area contributed by atoms with Crippen molar-refractivity contribution in [3.8, 4) is 11.8 Å². The third-order valence-corrected chi connectivity index (χ3v) is 2.05. The van der Waals surface area contributed by atoms with Crippen molar-refractivity contribution < 1.29 is 14.6 Å². The van der Waals surface area contributed by atoms with E-state index in [1.165, 1.54) is 12.3 Å². The van der Waals surface area contributed by atoms with E-state index < -0.39 is 5.97 Å². The molecular formula is C12H10N2O3. The molecule has 0 bridgehead atoms. The Morgan fingerprint density at radius 2 is 2.18 bits per heavy atom. The molecule has 86 valence electrons. The van der Waals surface area contributed by atoms with Gasteiger partial charge in [-0.1, -0.05) is 12.1 Å². The van der Waals surface area contributed by atoms with Gasteiger partial charge in [-0.2, -0.15) is 4.98 Å². The van der Waals surface area contributed by atoms with E-state index in [1.54, 1.807) is 6.07 Å². The summed E-state index contributed by atoms with van der Waals surface area (Å²) in [5, 5.41) is 8.77. The number of aryl methyl sites for hydroxylation is 1. The molecule has 0 spiro atoms. The van der Waals surface area contributed by atoms with Crippen molar-refractivity contribution in [2.24, 2.45) is 0 Å². The first-order valence-corrected chi connectivity index (χ1v) is 4.96. The fraction of sp³-hybridized carbons (Fsp3) is 0.0833. The Morgan fingerprint density at radius 1 is 1.35 bits per heavy atom. The fourth-order valence-corrected chi connectivity index (χ4v) is 1.29. The average Bonchev–Trinajstić information content (AvgIpc) is 2.29. The molecular weight excluding hydrogens is 220 g/mol. The maximum atomic E-state index is 10.7. The Kier molecular flexibility index (Phi) is 3.00. The second-order valence-electron chi connectivity index (χ2n) is 3.45. The van der Waals surface area contributed by atoms with Crippen molar-refractivity contribution in [2.45, 2.75) is 6.92 Å². The number of carboxylic acid groups (broad SMARTS) is 1. The average molecular weight is 230 g/mol. The van der Waals surface area contributed by atoms with E-state index in [2.05, 4.69) is 9.97 Å². The molecule has 1 aromatic heterocycles. The highest BCUT2D eigenvalue weighted by atomic mass is 16.5. The van der Waals surface area contributed by atoms with E-state index in [0.717, 1.165) is 5.56 Å². The SMILES string of the molecule is Cc1cccc(Oc2nccc(C(=O)O)n2)c1. The van der Waals surface area contributed by atoms with Gasteiger partial charge in [-0.25, -0.2) is 9.78 Å². The van der Waals surface area contributed by atoms with Gasteiger partial charge in [0.25, 0.3) is 0 Å². The number of hydrogen-bond donors (Lipinski definition) is 1. The lowest BCUT2D eigenvalue weighted by Crippen LogP contribution is -2.02. The summed E-state index contributed by atoms with van der Waals surface area (Å²) in [4.78, 5) is 18.3. The van der Waals surface area contributed by atoms with Crippen LogP contribution in [0, 0.1) is 6.92 Å². The minimum absolute atomic E-state index is 0.0236. The lowest BCUT2D eigenvalue weighted by Gasteiger charge is -2.04. The highest BCUT2D eigenvalue weighted by molar-refractivity contribution is 5.85. The smallest absolute Gasteiger partial charge is 0.354 e. The molecule has 0 atom stereocenters. The van der Waals surface area contributed by atoms with Crippen LogP contribution < -0.4 is 4.74 Å². The molecule has 1 aromatic carbocycles. The summed E-state index contributed by atoms with van der Waals surface area (Å²) in [7, 11) is 0. The summed E-state index contributed by atoms with van der Waals surface area (Å²) < 4.78 is 5.36. The van der Waals surface area contributed by atoms with E-state index in [-0.39, 0.29) is 11.7 Å². The van der Waals surface area contributed by atoms with Crippen LogP contribution >= 0.6 is 0 Å². The van der Waals surface area contributed by atoms with Crippen molar-refractivity contribution in [2.75, 3.05) is 0 Å². The maximum Gasteiger partial charge on any atom is 0.354 e. The van der Waals surface area contributed by atoms with Gasteiger partial charge < -0.3 is 9.84 Å². The van der Waals surface area contributed by atoms with Crippen LogP contribution in [0.1, 0.15) is 16.1 Å². The number of carbonyl (C=O) groups is 1. The molecule has 0 aliphatic heterocycles. The predicted molar refractivity (Wildman–Crippen MR) is 60.2 cm³/mol.